The highest BCUT2D eigenvalue weighted by Crippen LogP contribution is 2.18. The van der Waals surface area contributed by atoms with Crippen LogP contribution in [0.4, 0.5) is 4.39 Å². The molecule has 0 amide bonds. The maximum absolute atomic E-state index is 13.7. The summed E-state index contributed by atoms with van der Waals surface area (Å²) in [5, 5.41) is 4.50. The summed E-state index contributed by atoms with van der Waals surface area (Å²) in [6.07, 6.45) is 3.08. The van der Waals surface area contributed by atoms with E-state index in [1.807, 2.05) is 29.9 Å². The molecular formula is C16H22FN3. The Morgan fingerprint density at radius 2 is 1.95 bits per heavy atom. The monoisotopic (exact) mass is 275 g/mol. The molecule has 4 heteroatoms. The summed E-state index contributed by atoms with van der Waals surface area (Å²) in [6, 6.07) is 9.09. The molecule has 0 fully saturated rings. The van der Waals surface area contributed by atoms with Crippen LogP contribution in [0.5, 0.6) is 0 Å². The fourth-order valence-electron chi connectivity index (χ4n) is 2.31. The third-order valence-corrected chi connectivity index (χ3v) is 3.33. The normalized spacial score (nSPS) is 14.5. The lowest BCUT2D eigenvalue weighted by molar-refractivity contribution is 0.439. The third kappa shape index (κ3) is 3.67. The van der Waals surface area contributed by atoms with Crippen LogP contribution in [0.25, 0.3) is 0 Å². The zero-order valence-electron chi connectivity index (χ0n) is 12.3. The molecular weight excluding hydrogens is 253 g/mol. The number of hydrogen-bond donors (Lipinski definition) is 1. The number of benzene rings is 1. The van der Waals surface area contributed by atoms with Crippen molar-refractivity contribution in [2.45, 2.75) is 45.2 Å². The van der Waals surface area contributed by atoms with Crippen molar-refractivity contribution in [2.24, 2.45) is 5.73 Å². The lowest BCUT2D eigenvalue weighted by atomic mass is 9.89. The second-order valence-electron chi connectivity index (χ2n) is 5.98. The lowest BCUT2D eigenvalue weighted by Crippen LogP contribution is -2.41. The van der Waals surface area contributed by atoms with Crippen molar-refractivity contribution in [1.29, 1.82) is 0 Å². The number of halogens is 1. The molecule has 3 nitrogen and oxygen atoms in total. The molecule has 1 aromatic carbocycles. The van der Waals surface area contributed by atoms with E-state index in [-0.39, 0.29) is 5.82 Å². The van der Waals surface area contributed by atoms with Gasteiger partial charge in [0.15, 0.2) is 0 Å². The first-order valence-corrected chi connectivity index (χ1v) is 6.94. The Hall–Kier alpha value is -1.68. The summed E-state index contributed by atoms with van der Waals surface area (Å²) in [5.41, 5.74) is 7.40. The molecule has 2 N–H and O–H groups in total. The molecule has 1 heterocycles. The molecule has 1 atom stereocenters. The molecule has 0 aliphatic rings. The fraction of sp³-hybridized carbons (Fsp3) is 0.438. The molecule has 0 saturated carbocycles. The van der Waals surface area contributed by atoms with Crippen molar-refractivity contribution in [1.82, 2.24) is 9.78 Å². The van der Waals surface area contributed by atoms with Gasteiger partial charge in [0.2, 0.25) is 0 Å². The van der Waals surface area contributed by atoms with Crippen LogP contribution in [-0.2, 0) is 12.8 Å². The van der Waals surface area contributed by atoms with Gasteiger partial charge in [-0.3, -0.25) is 4.68 Å². The summed E-state index contributed by atoms with van der Waals surface area (Å²) in [5.74, 6) is -0.197. The van der Waals surface area contributed by atoms with E-state index in [4.69, 9.17) is 5.73 Å². The van der Waals surface area contributed by atoms with Gasteiger partial charge in [0, 0.05) is 24.2 Å². The average Bonchev–Trinajstić information content (AvgIpc) is 2.79. The molecule has 0 aliphatic carbocycles. The van der Waals surface area contributed by atoms with E-state index in [9.17, 15) is 4.39 Å². The van der Waals surface area contributed by atoms with E-state index in [1.54, 1.807) is 12.1 Å². The van der Waals surface area contributed by atoms with Crippen LogP contribution in [0.2, 0.25) is 0 Å². The maximum atomic E-state index is 13.7. The summed E-state index contributed by atoms with van der Waals surface area (Å²) in [7, 11) is 0. The van der Waals surface area contributed by atoms with Gasteiger partial charge in [-0.15, -0.1) is 0 Å². The van der Waals surface area contributed by atoms with Gasteiger partial charge in [0.1, 0.15) is 5.82 Å². The zero-order valence-corrected chi connectivity index (χ0v) is 12.3. The van der Waals surface area contributed by atoms with Gasteiger partial charge in [-0.25, -0.2) is 4.39 Å². The van der Waals surface area contributed by atoms with Crippen LogP contribution < -0.4 is 5.73 Å². The van der Waals surface area contributed by atoms with Crippen molar-refractivity contribution >= 4 is 0 Å². The van der Waals surface area contributed by atoms with E-state index < -0.39 is 5.54 Å². The molecule has 108 valence electrons. The van der Waals surface area contributed by atoms with E-state index in [1.165, 1.54) is 6.07 Å². The SMILES string of the molecule is CC(C)n1ccc(CC(C)(N)Cc2ccccc2F)n1. The van der Waals surface area contributed by atoms with E-state index in [0.29, 0.717) is 24.4 Å². The largest absolute Gasteiger partial charge is 0.325 e. The van der Waals surface area contributed by atoms with Crippen molar-refractivity contribution in [3.63, 3.8) is 0 Å². The standard InChI is InChI=1S/C16H22FN3/c1-12(2)20-9-8-14(19-20)11-16(3,18)10-13-6-4-5-7-15(13)17/h4-9,12H,10-11,18H2,1-3H3. The summed E-state index contributed by atoms with van der Waals surface area (Å²) in [6.45, 7) is 6.10. The van der Waals surface area contributed by atoms with Gasteiger partial charge < -0.3 is 5.73 Å². The van der Waals surface area contributed by atoms with Crippen molar-refractivity contribution in [2.75, 3.05) is 0 Å². The van der Waals surface area contributed by atoms with Crippen LogP contribution in [-0.4, -0.2) is 15.3 Å². The Balaban J connectivity index is 2.08. The van der Waals surface area contributed by atoms with Gasteiger partial charge in [0.05, 0.1) is 5.69 Å². The number of nitrogens with zero attached hydrogens (tertiary/aromatic N) is 2. The number of nitrogens with two attached hydrogens (primary N) is 1. The quantitative estimate of drug-likeness (QED) is 0.911. The molecule has 2 aromatic rings. The Kier molecular flexibility index (Phi) is 4.23. The first kappa shape index (κ1) is 14.7. The number of hydrogen-bond acceptors (Lipinski definition) is 2. The first-order chi connectivity index (χ1) is 9.37. The highest BCUT2D eigenvalue weighted by atomic mass is 19.1. The molecule has 1 aromatic heterocycles. The molecule has 2 rings (SSSR count). The minimum absolute atomic E-state index is 0.197. The van der Waals surface area contributed by atoms with Gasteiger partial charge in [-0.05, 0) is 44.9 Å². The van der Waals surface area contributed by atoms with Crippen LogP contribution >= 0.6 is 0 Å². The summed E-state index contributed by atoms with van der Waals surface area (Å²) < 4.78 is 15.6. The highest BCUT2D eigenvalue weighted by molar-refractivity contribution is 5.20. The first-order valence-electron chi connectivity index (χ1n) is 6.94. The van der Waals surface area contributed by atoms with Crippen molar-refractivity contribution < 1.29 is 4.39 Å². The molecule has 0 saturated heterocycles. The van der Waals surface area contributed by atoms with Gasteiger partial charge in [-0.2, -0.15) is 5.10 Å². The fourth-order valence-corrected chi connectivity index (χ4v) is 2.31. The number of aromatic nitrogens is 2. The Bertz CT molecular complexity index is 573. The summed E-state index contributed by atoms with van der Waals surface area (Å²) >= 11 is 0. The second kappa shape index (κ2) is 5.75. The van der Waals surface area contributed by atoms with E-state index >= 15 is 0 Å². The maximum Gasteiger partial charge on any atom is 0.126 e. The lowest BCUT2D eigenvalue weighted by Gasteiger charge is -2.24. The molecule has 0 spiro atoms. The number of rotatable bonds is 5. The third-order valence-electron chi connectivity index (χ3n) is 3.33. The minimum atomic E-state index is -0.516. The Morgan fingerprint density at radius 1 is 1.25 bits per heavy atom. The minimum Gasteiger partial charge on any atom is -0.325 e. The van der Waals surface area contributed by atoms with Gasteiger partial charge in [-0.1, -0.05) is 18.2 Å². The van der Waals surface area contributed by atoms with Crippen molar-refractivity contribution in [3.05, 3.63) is 53.6 Å². The van der Waals surface area contributed by atoms with Gasteiger partial charge in [0.25, 0.3) is 0 Å². The average molecular weight is 275 g/mol. The van der Waals surface area contributed by atoms with Crippen LogP contribution in [0.15, 0.2) is 36.5 Å². The highest BCUT2D eigenvalue weighted by Gasteiger charge is 2.22. The van der Waals surface area contributed by atoms with E-state index in [2.05, 4.69) is 18.9 Å². The Morgan fingerprint density at radius 3 is 2.55 bits per heavy atom. The van der Waals surface area contributed by atoms with Crippen molar-refractivity contribution in [3.8, 4) is 0 Å². The smallest absolute Gasteiger partial charge is 0.126 e. The molecule has 1 unspecified atom stereocenters. The van der Waals surface area contributed by atoms with Crippen LogP contribution in [0, 0.1) is 5.82 Å². The predicted molar refractivity (Wildman–Crippen MR) is 79.0 cm³/mol. The Labute approximate surface area is 119 Å². The van der Waals surface area contributed by atoms with Crippen LogP contribution in [0.1, 0.15) is 38.1 Å². The van der Waals surface area contributed by atoms with E-state index in [0.717, 1.165) is 5.69 Å². The van der Waals surface area contributed by atoms with Gasteiger partial charge >= 0.3 is 0 Å². The van der Waals surface area contributed by atoms with Crippen LogP contribution in [0.3, 0.4) is 0 Å². The molecule has 20 heavy (non-hydrogen) atoms. The molecule has 0 aliphatic heterocycles. The zero-order chi connectivity index (χ0) is 14.8. The second-order valence-corrected chi connectivity index (χ2v) is 5.98. The topological polar surface area (TPSA) is 43.8 Å². The molecule has 0 bridgehead atoms. The predicted octanol–water partition coefficient (Wildman–Crippen LogP) is 3.11. The molecule has 0 radical (unpaired) electrons. The summed E-state index contributed by atoms with van der Waals surface area (Å²) in [4.78, 5) is 0.